The lowest BCUT2D eigenvalue weighted by molar-refractivity contribution is 0.469. The summed E-state index contributed by atoms with van der Waals surface area (Å²) < 4.78 is 33.7. The Morgan fingerprint density at radius 1 is 1.23 bits per heavy atom. The first-order valence-corrected chi connectivity index (χ1v) is 10.4. The second-order valence-electron chi connectivity index (χ2n) is 5.76. The molecule has 6 nitrogen and oxygen atoms in total. The van der Waals surface area contributed by atoms with Crippen molar-refractivity contribution >= 4 is 48.6 Å². The van der Waals surface area contributed by atoms with Gasteiger partial charge in [0.1, 0.15) is 0 Å². The van der Waals surface area contributed by atoms with E-state index in [1.165, 1.54) is 10.9 Å². The quantitative estimate of drug-likeness (QED) is 0.590. The van der Waals surface area contributed by atoms with Crippen molar-refractivity contribution in [2.75, 3.05) is 5.75 Å². The van der Waals surface area contributed by atoms with E-state index in [-0.39, 0.29) is 12.0 Å². The third-order valence-corrected chi connectivity index (χ3v) is 5.44. The predicted octanol–water partition coefficient (Wildman–Crippen LogP) is 3.68. The summed E-state index contributed by atoms with van der Waals surface area (Å²) >= 11 is 9.38. The van der Waals surface area contributed by atoms with Crippen molar-refractivity contribution in [2.45, 2.75) is 12.5 Å². The highest BCUT2D eigenvalue weighted by molar-refractivity contribution is 9.10. The van der Waals surface area contributed by atoms with Crippen molar-refractivity contribution in [1.29, 1.82) is 0 Å². The number of hydrogen-bond donors (Lipinski definition) is 1. The van der Waals surface area contributed by atoms with Crippen LogP contribution in [-0.4, -0.2) is 28.3 Å². The third kappa shape index (κ3) is 4.32. The first kappa shape index (κ1) is 19.0. The van der Waals surface area contributed by atoms with Crippen molar-refractivity contribution in [3.05, 3.63) is 74.2 Å². The number of fused-ring (bicyclic) bond motifs is 1. The molecule has 0 radical (unpaired) electrons. The van der Waals surface area contributed by atoms with E-state index in [0.717, 1.165) is 4.47 Å². The maximum atomic E-state index is 12.9. The lowest BCUT2D eigenvalue weighted by Crippen LogP contribution is -2.27. The largest absolute Gasteiger partial charge is 0.291 e. The monoisotopic (exact) mass is 456 g/mol. The van der Waals surface area contributed by atoms with Gasteiger partial charge < -0.3 is 0 Å². The molecule has 0 aliphatic heterocycles. The molecule has 0 amide bonds. The highest BCUT2D eigenvalue weighted by atomic mass is 79.9. The zero-order valence-corrected chi connectivity index (χ0v) is 16.5. The Kier molecular flexibility index (Phi) is 5.47. The van der Waals surface area contributed by atoms with Crippen LogP contribution < -0.4 is 5.56 Å². The summed E-state index contributed by atoms with van der Waals surface area (Å²) in [6.07, 6.45) is 1.38. The van der Waals surface area contributed by atoms with Gasteiger partial charge in [-0.1, -0.05) is 39.7 Å². The van der Waals surface area contributed by atoms with Crippen molar-refractivity contribution in [1.82, 2.24) is 9.55 Å². The van der Waals surface area contributed by atoms with Crippen molar-refractivity contribution in [3.63, 3.8) is 0 Å². The molecule has 0 aliphatic carbocycles. The van der Waals surface area contributed by atoms with Gasteiger partial charge in [0.15, 0.2) is 0 Å². The summed E-state index contributed by atoms with van der Waals surface area (Å²) in [5, 5.41) is 0.875. The first-order chi connectivity index (χ1) is 12.2. The molecular weight excluding hydrogens is 444 g/mol. The van der Waals surface area contributed by atoms with Gasteiger partial charge in [0.05, 0.1) is 29.0 Å². The Morgan fingerprint density at radius 3 is 2.69 bits per heavy atom. The van der Waals surface area contributed by atoms with Gasteiger partial charge in [-0.3, -0.25) is 13.9 Å². The Bertz CT molecular complexity index is 1130. The number of halogens is 2. The Morgan fingerprint density at radius 2 is 2.00 bits per heavy atom. The van der Waals surface area contributed by atoms with Gasteiger partial charge in [-0.05, 0) is 42.3 Å². The molecule has 9 heteroatoms. The molecule has 136 valence electrons. The van der Waals surface area contributed by atoms with Gasteiger partial charge in [-0.15, -0.1) is 0 Å². The first-order valence-electron chi connectivity index (χ1n) is 7.61. The SMILES string of the molecule is O=c1c2ccc(Br)cc2ncn1C(CCS(=O)(=O)O)c1cccc(Cl)c1. The standard InChI is InChI=1S/C17H14BrClN2O4S/c18-12-4-5-14-15(9-12)20-10-21(17(14)22)16(6-7-26(23,24)25)11-2-1-3-13(19)8-11/h1-5,8-10,16H,6-7H2,(H,23,24,25). The molecule has 3 aromatic rings. The van der Waals surface area contributed by atoms with Gasteiger partial charge in [0.2, 0.25) is 0 Å². The fourth-order valence-electron chi connectivity index (χ4n) is 2.77. The zero-order valence-electron chi connectivity index (χ0n) is 13.3. The Balaban J connectivity index is 2.15. The van der Waals surface area contributed by atoms with Gasteiger partial charge in [0.25, 0.3) is 15.7 Å². The molecular formula is C17H14BrClN2O4S. The van der Waals surface area contributed by atoms with Crippen LogP contribution in [0.25, 0.3) is 10.9 Å². The number of benzene rings is 2. The number of nitrogens with zero attached hydrogens (tertiary/aromatic N) is 2. The van der Waals surface area contributed by atoms with Crippen LogP contribution in [0.5, 0.6) is 0 Å². The Labute approximate surface area is 163 Å². The smallest absolute Gasteiger partial charge is 0.264 e. The van der Waals surface area contributed by atoms with Crippen molar-refractivity contribution in [2.24, 2.45) is 0 Å². The average Bonchev–Trinajstić information content (AvgIpc) is 2.56. The highest BCUT2D eigenvalue weighted by Gasteiger charge is 2.20. The average molecular weight is 458 g/mol. The maximum Gasteiger partial charge on any atom is 0.264 e. The summed E-state index contributed by atoms with van der Waals surface area (Å²) in [6, 6.07) is 11.3. The molecule has 1 aromatic heterocycles. The van der Waals surface area contributed by atoms with Crippen molar-refractivity contribution in [3.8, 4) is 0 Å². The minimum Gasteiger partial charge on any atom is -0.291 e. The molecule has 1 unspecified atom stereocenters. The van der Waals surface area contributed by atoms with Gasteiger partial charge in [-0.25, -0.2) is 4.98 Å². The molecule has 0 fully saturated rings. The van der Waals surface area contributed by atoms with E-state index in [9.17, 15) is 13.2 Å². The predicted molar refractivity (Wildman–Crippen MR) is 104 cm³/mol. The molecule has 1 heterocycles. The van der Waals surface area contributed by atoms with Gasteiger partial charge in [0, 0.05) is 9.50 Å². The normalized spacial score (nSPS) is 13.0. The molecule has 0 spiro atoms. The molecule has 1 N–H and O–H groups in total. The molecule has 0 saturated carbocycles. The molecule has 1 atom stereocenters. The minimum atomic E-state index is -4.18. The van der Waals surface area contributed by atoms with Crippen LogP contribution >= 0.6 is 27.5 Å². The molecule has 26 heavy (non-hydrogen) atoms. The number of hydrogen-bond acceptors (Lipinski definition) is 4. The second kappa shape index (κ2) is 7.48. The van der Waals surface area contributed by atoms with E-state index in [1.807, 2.05) is 0 Å². The molecule has 0 saturated heterocycles. The van der Waals surface area contributed by atoms with E-state index in [4.69, 9.17) is 16.2 Å². The van der Waals surface area contributed by atoms with E-state index < -0.39 is 21.9 Å². The van der Waals surface area contributed by atoms with Crippen LogP contribution in [0.2, 0.25) is 5.02 Å². The summed E-state index contributed by atoms with van der Waals surface area (Å²) in [4.78, 5) is 17.2. The third-order valence-electron chi connectivity index (χ3n) is 3.96. The number of rotatable bonds is 5. The lowest BCUT2D eigenvalue weighted by Gasteiger charge is -2.20. The molecule has 0 aliphatic rings. The van der Waals surface area contributed by atoms with Crippen molar-refractivity contribution < 1.29 is 13.0 Å². The minimum absolute atomic E-state index is 0.00277. The van der Waals surface area contributed by atoms with Crippen LogP contribution in [0.15, 0.2) is 58.1 Å². The van der Waals surface area contributed by atoms with Crippen LogP contribution in [-0.2, 0) is 10.1 Å². The summed E-state index contributed by atoms with van der Waals surface area (Å²) in [5.41, 5.74) is 0.879. The fourth-order valence-corrected chi connectivity index (χ4v) is 3.84. The van der Waals surface area contributed by atoms with Crippen LogP contribution in [0.4, 0.5) is 0 Å². The summed E-state index contributed by atoms with van der Waals surface area (Å²) in [7, 11) is -4.18. The van der Waals surface area contributed by atoms with Gasteiger partial charge >= 0.3 is 0 Å². The zero-order chi connectivity index (χ0) is 18.9. The second-order valence-corrected chi connectivity index (χ2v) is 8.69. The lowest BCUT2D eigenvalue weighted by atomic mass is 10.0. The van der Waals surface area contributed by atoms with Crippen LogP contribution in [0.3, 0.4) is 0 Å². The van der Waals surface area contributed by atoms with E-state index in [1.54, 1.807) is 42.5 Å². The van der Waals surface area contributed by atoms with E-state index in [2.05, 4.69) is 20.9 Å². The van der Waals surface area contributed by atoms with Crippen LogP contribution in [0, 0.1) is 0 Å². The molecule has 0 bridgehead atoms. The Hall–Kier alpha value is -1.74. The topological polar surface area (TPSA) is 89.3 Å². The molecule has 3 rings (SSSR count). The fraction of sp³-hybridized carbons (Fsp3) is 0.176. The van der Waals surface area contributed by atoms with E-state index >= 15 is 0 Å². The number of aromatic nitrogens is 2. The van der Waals surface area contributed by atoms with E-state index in [0.29, 0.717) is 21.5 Å². The van der Waals surface area contributed by atoms with Gasteiger partial charge in [-0.2, -0.15) is 8.42 Å². The summed E-state index contributed by atoms with van der Waals surface area (Å²) in [5.74, 6) is -0.491. The molecule has 2 aromatic carbocycles. The summed E-state index contributed by atoms with van der Waals surface area (Å²) in [6.45, 7) is 0. The maximum absolute atomic E-state index is 12.9. The highest BCUT2D eigenvalue weighted by Crippen LogP contribution is 2.25. The van der Waals surface area contributed by atoms with Crippen LogP contribution in [0.1, 0.15) is 18.0 Å².